The van der Waals surface area contributed by atoms with Crippen molar-refractivity contribution in [2.75, 3.05) is 6.61 Å². The highest BCUT2D eigenvalue weighted by Crippen LogP contribution is 2.22. The van der Waals surface area contributed by atoms with E-state index in [1.807, 2.05) is 18.2 Å². The Balaban J connectivity index is 2.37. The molecular formula is C12H12N2O2. The highest BCUT2D eigenvalue weighted by atomic mass is 16.5. The molecule has 1 N–H and O–H groups in total. The van der Waals surface area contributed by atoms with E-state index in [0.29, 0.717) is 12.3 Å². The van der Waals surface area contributed by atoms with Crippen LogP contribution in [-0.2, 0) is 4.74 Å². The minimum atomic E-state index is -0.341. The predicted molar refractivity (Wildman–Crippen MR) is 60.0 cm³/mol. The lowest BCUT2D eigenvalue weighted by Crippen LogP contribution is -2.06. The molecule has 0 saturated carbocycles. The second-order valence-electron chi connectivity index (χ2n) is 3.23. The quantitative estimate of drug-likeness (QED) is 0.800. The molecule has 0 atom stereocenters. The first-order valence-corrected chi connectivity index (χ1v) is 5.08. The van der Waals surface area contributed by atoms with Crippen LogP contribution in [0.1, 0.15) is 17.4 Å². The SMILES string of the molecule is CCOC(=O)c1[nH]ccc1-c1cccnc1. The van der Waals surface area contributed by atoms with Crippen molar-refractivity contribution in [1.82, 2.24) is 9.97 Å². The third-order valence-corrected chi connectivity index (χ3v) is 2.20. The van der Waals surface area contributed by atoms with Gasteiger partial charge in [-0.15, -0.1) is 0 Å². The average Bonchev–Trinajstić information content (AvgIpc) is 2.79. The van der Waals surface area contributed by atoms with Crippen LogP contribution in [0.2, 0.25) is 0 Å². The van der Waals surface area contributed by atoms with Gasteiger partial charge >= 0.3 is 5.97 Å². The number of rotatable bonds is 3. The van der Waals surface area contributed by atoms with Crippen LogP contribution in [0.5, 0.6) is 0 Å². The topological polar surface area (TPSA) is 55.0 Å². The molecule has 0 saturated heterocycles. The van der Waals surface area contributed by atoms with Crippen LogP contribution in [0.4, 0.5) is 0 Å². The van der Waals surface area contributed by atoms with Gasteiger partial charge in [0.05, 0.1) is 6.61 Å². The molecular weight excluding hydrogens is 204 g/mol. The number of aromatic amines is 1. The van der Waals surface area contributed by atoms with Gasteiger partial charge in [-0.05, 0) is 19.1 Å². The zero-order chi connectivity index (χ0) is 11.4. The van der Waals surface area contributed by atoms with Crippen LogP contribution in [0.15, 0.2) is 36.8 Å². The van der Waals surface area contributed by atoms with E-state index in [9.17, 15) is 4.79 Å². The van der Waals surface area contributed by atoms with Crippen LogP contribution in [-0.4, -0.2) is 22.5 Å². The van der Waals surface area contributed by atoms with Crippen LogP contribution < -0.4 is 0 Å². The number of carbonyl (C=O) groups is 1. The van der Waals surface area contributed by atoms with Crippen molar-refractivity contribution in [3.8, 4) is 11.1 Å². The van der Waals surface area contributed by atoms with E-state index in [1.165, 1.54) is 0 Å². The Bertz CT molecular complexity index is 477. The zero-order valence-corrected chi connectivity index (χ0v) is 8.93. The summed E-state index contributed by atoms with van der Waals surface area (Å²) in [5.74, 6) is -0.341. The predicted octanol–water partition coefficient (Wildman–Crippen LogP) is 2.25. The summed E-state index contributed by atoms with van der Waals surface area (Å²) in [7, 11) is 0. The second-order valence-corrected chi connectivity index (χ2v) is 3.23. The summed E-state index contributed by atoms with van der Waals surface area (Å²) in [6.45, 7) is 2.15. The van der Waals surface area contributed by atoms with Crippen LogP contribution in [0.25, 0.3) is 11.1 Å². The molecule has 4 nitrogen and oxygen atoms in total. The van der Waals surface area contributed by atoms with Crippen LogP contribution in [0, 0.1) is 0 Å². The number of pyridine rings is 1. The molecule has 0 radical (unpaired) electrons. The molecule has 0 aliphatic carbocycles. The molecule has 0 amide bonds. The number of hydrogen-bond acceptors (Lipinski definition) is 3. The first-order chi connectivity index (χ1) is 7.83. The van der Waals surface area contributed by atoms with E-state index in [1.54, 1.807) is 25.5 Å². The third-order valence-electron chi connectivity index (χ3n) is 2.20. The lowest BCUT2D eigenvalue weighted by Gasteiger charge is -2.03. The molecule has 16 heavy (non-hydrogen) atoms. The molecule has 4 heteroatoms. The monoisotopic (exact) mass is 216 g/mol. The van der Waals surface area contributed by atoms with Gasteiger partial charge in [0.2, 0.25) is 0 Å². The van der Waals surface area contributed by atoms with Gasteiger partial charge in [-0.3, -0.25) is 4.98 Å². The van der Waals surface area contributed by atoms with Gasteiger partial charge in [-0.1, -0.05) is 6.07 Å². The minimum Gasteiger partial charge on any atom is -0.461 e. The molecule has 2 aromatic rings. The van der Waals surface area contributed by atoms with Crippen LogP contribution >= 0.6 is 0 Å². The van der Waals surface area contributed by atoms with E-state index >= 15 is 0 Å². The van der Waals surface area contributed by atoms with Gasteiger partial charge in [0.1, 0.15) is 5.69 Å². The maximum atomic E-state index is 11.6. The number of aromatic nitrogens is 2. The van der Waals surface area contributed by atoms with E-state index in [0.717, 1.165) is 11.1 Å². The molecule has 82 valence electrons. The fourth-order valence-electron chi connectivity index (χ4n) is 1.50. The number of nitrogens with one attached hydrogen (secondary N) is 1. The molecule has 2 heterocycles. The van der Waals surface area contributed by atoms with Crippen molar-refractivity contribution in [1.29, 1.82) is 0 Å². The summed E-state index contributed by atoms with van der Waals surface area (Å²) in [5.41, 5.74) is 2.17. The summed E-state index contributed by atoms with van der Waals surface area (Å²) in [6, 6.07) is 5.57. The number of ether oxygens (including phenoxy) is 1. The van der Waals surface area contributed by atoms with Crippen molar-refractivity contribution >= 4 is 5.97 Å². The lowest BCUT2D eigenvalue weighted by molar-refractivity contribution is 0.0521. The third kappa shape index (κ3) is 1.95. The van der Waals surface area contributed by atoms with Gasteiger partial charge in [0, 0.05) is 29.7 Å². The van der Waals surface area contributed by atoms with E-state index in [-0.39, 0.29) is 5.97 Å². The Hall–Kier alpha value is -2.10. The fraction of sp³-hybridized carbons (Fsp3) is 0.167. The molecule has 0 aliphatic rings. The zero-order valence-electron chi connectivity index (χ0n) is 8.93. The molecule has 0 spiro atoms. The molecule has 0 aromatic carbocycles. The van der Waals surface area contributed by atoms with Gasteiger partial charge in [-0.25, -0.2) is 4.79 Å². The molecule has 0 unspecified atom stereocenters. The van der Waals surface area contributed by atoms with E-state index in [4.69, 9.17) is 4.74 Å². The first-order valence-electron chi connectivity index (χ1n) is 5.08. The highest BCUT2D eigenvalue weighted by molar-refractivity contribution is 5.95. The fourth-order valence-corrected chi connectivity index (χ4v) is 1.50. The molecule has 0 fully saturated rings. The Labute approximate surface area is 93.3 Å². The summed E-state index contributed by atoms with van der Waals surface area (Å²) < 4.78 is 4.96. The Morgan fingerprint density at radius 3 is 3.06 bits per heavy atom. The normalized spacial score (nSPS) is 10.1. The van der Waals surface area contributed by atoms with E-state index < -0.39 is 0 Å². The first kappa shape index (κ1) is 10.4. The second kappa shape index (κ2) is 4.61. The van der Waals surface area contributed by atoms with Crippen molar-refractivity contribution in [2.24, 2.45) is 0 Å². The molecule has 0 aliphatic heterocycles. The van der Waals surface area contributed by atoms with E-state index in [2.05, 4.69) is 9.97 Å². The van der Waals surface area contributed by atoms with Gasteiger partial charge in [-0.2, -0.15) is 0 Å². The average molecular weight is 216 g/mol. The Morgan fingerprint density at radius 2 is 2.38 bits per heavy atom. The van der Waals surface area contributed by atoms with Crippen molar-refractivity contribution in [3.63, 3.8) is 0 Å². The minimum absolute atomic E-state index is 0.341. The largest absolute Gasteiger partial charge is 0.461 e. The Morgan fingerprint density at radius 1 is 1.50 bits per heavy atom. The molecule has 0 bridgehead atoms. The highest BCUT2D eigenvalue weighted by Gasteiger charge is 2.14. The van der Waals surface area contributed by atoms with Crippen molar-refractivity contribution < 1.29 is 9.53 Å². The number of nitrogens with zero attached hydrogens (tertiary/aromatic N) is 1. The lowest BCUT2D eigenvalue weighted by atomic mass is 10.1. The maximum absolute atomic E-state index is 11.6. The summed E-state index contributed by atoms with van der Waals surface area (Å²) in [4.78, 5) is 18.5. The molecule has 2 rings (SSSR count). The van der Waals surface area contributed by atoms with Gasteiger partial charge in [0.15, 0.2) is 0 Å². The van der Waals surface area contributed by atoms with Crippen LogP contribution in [0.3, 0.4) is 0 Å². The Kier molecular flexibility index (Phi) is 3.00. The number of esters is 1. The van der Waals surface area contributed by atoms with Gasteiger partial charge in [0.25, 0.3) is 0 Å². The van der Waals surface area contributed by atoms with Crippen molar-refractivity contribution in [2.45, 2.75) is 6.92 Å². The standard InChI is InChI=1S/C12H12N2O2/c1-2-16-12(15)11-10(5-7-14-11)9-4-3-6-13-8-9/h3-8,14H,2H2,1H3. The summed E-state index contributed by atoms with van der Waals surface area (Å²) >= 11 is 0. The number of hydrogen-bond donors (Lipinski definition) is 1. The summed E-state index contributed by atoms with van der Waals surface area (Å²) in [5, 5.41) is 0. The van der Waals surface area contributed by atoms with Gasteiger partial charge < -0.3 is 9.72 Å². The number of carbonyl (C=O) groups excluding carboxylic acids is 1. The summed E-state index contributed by atoms with van der Waals surface area (Å²) in [6.07, 6.45) is 5.13. The molecule has 2 aromatic heterocycles. The number of H-pyrrole nitrogens is 1. The maximum Gasteiger partial charge on any atom is 0.355 e. The van der Waals surface area contributed by atoms with Crippen molar-refractivity contribution in [3.05, 3.63) is 42.5 Å². The smallest absolute Gasteiger partial charge is 0.355 e.